The van der Waals surface area contributed by atoms with E-state index >= 15 is 0 Å². The van der Waals surface area contributed by atoms with Gasteiger partial charge in [0, 0.05) is 4.92 Å². The fraction of sp³-hybridized carbons (Fsp3) is 0.857. The van der Waals surface area contributed by atoms with Crippen molar-refractivity contribution >= 4 is 5.97 Å². The van der Waals surface area contributed by atoms with Crippen LogP contribution in [0.1, 0.15) is 6.42 Å². The molecule has 0 amide bonds. The second kappa shape index (κ2) is 5.17. The topological polar surface area (TPSA) is 80.4 Å². The van der Waals surface area contributed by atoms with Crippen LogP contribution in [0.2, 0.25) is 0 Å². The van der Waals surface area contributed by atoms with Gasteiger partial charge in [-0.25, -0.2) is 0 Å². The zero-order chi connectivity index (χ0) is 15.6. The summed E-state index contributed by atoms with van der Waals surface area (Å²) in [6.45, 7) is -2.04. The normalized spacial score (nSPS) is 15.1. The molecule has 0 aromatic carbocycles. The maximum Gasteiger partial charge on any atom is 0.459 e. The molecule has 12 heteroatoms. The van der Waals surface area contributed by atoms with E-state index in [1.54, 1.807) is 0 Å². The standard InChI is InChI=1S/C7H6F7NO4/c8-5(9,6(10,11)7(12,13)14)3(1-4(16)17)2-15(18)19/h3H,1-2H2,(H,16,17). The Morgan fingerprint density at radius 1 is 1.16 bits per heavy atom. The van der Waals surface area contributed by atoms with Gasteiger partial charge in [0.25, 0.3) is 0 Å². The molecule has 0 heterocycles. The van der Waals surface area contributed by atoms with Gasteiger partial charge in [0.05, 0.1) is 6.42 Å². The number of carbonyl (C=O) groups is 1. The summed E-state index contributed by atoms with van der Waals surface area (Å²) >= 11 is 0. The summed E-state index contributed by atoms with van der Waals surface area (Å²) in [5.74, 6) is -18.0. The number of rotatable bonds is 6. The molecule has 0 aromatic heterocycles. The minimum Gasteiger partial charge on any atom is -0.481 e. The van der Waals surface area contributed by atoms with Crippen molar-refractivity contribution in [2.24, 2.45) is 5.92 Å². The quantitative estimate of drug-likeness (QED) is 0.463. The molecule has 0 aliphatic carbocycles. The molecule has 1 N–H and O–H groups in total. The molecule has 0 spiro atoms. The summed E-state index contributed by atoms with van der Waals surface area (Å²) in [6, 6.07) is 0. The molecule has 0 fully saturated rings. The highest BCUT2D eigenvalue weighted by Crippen LogP contribution is 2.50. The largest absolute Gasteiger partial charge is 0.481 e. The first kappa shape index (κ1) is 17.4. The van der Waals surface area contributed by atoms with Crippen LogP contribution < -0.4 is 0 Å². The Morgan fingerprint density at radius 2 is 1.58 bits per heavy atom. The van der Waals surface area contributed by atoms with Crippen LogP contribution in [0.5, 0.6) is 0 Å². The second-order valence-electron chi connectivity index (χ2n) is 3.51. The Bertz CT molecular complexity index is 351. The predicted octanol–water partition coefficient (Wildman–Crippen LogP) is 2.19. The van der Waals surface area contributed by atoms with E-state index in [2.05, 4.69) is 0 Å². The van der Waals surface area contributed by atoms with Crippen molar-refractivity contribution in [3.8, 4) is 0 Å². The van der Waals surface area contributed by atoms with Gasteiger partial charge in [0.1, 0.15) is 5.92 Å². The molecule has 0 aliphatic rings. The number of hydrogen-bond acceptors (Lipinski definition) is 3. The first-order chi connectivity index (χ1) is 8.23. The van der Waals surface area contributed by atoms with Crippen molar-refractivity contribution < 1.29 is 45.6 Å². The molecule has 0 saturated heterocycles. The highest BCUT2D eigenvalue weighted by Gasteiger charge is 2.75. The molecule has 5 nitrogen and oxygen atoms in total. The van der Waals surface area contributed by atoms with E-state index < -0.39 is 47.8 Å². The maximum absolute atomic E-state index is 13.0. The van der Waals surface area contributed by atoms with Gasteiger partial charge in [-0.3, -0.25) is 14.9 Å². The van der Waals surface area contributed by atoms with Gasteiger partial charge in [-0.1, -0.05) is 0 Å². The third-order valence-corrected chi connectivity index (χ3v) is 2.08. The fourth-order valence-corrected chi connectivity index (χ4v) is 1.14. The fourth-order valence-electron chi connectivity index (χ4n) is 1.14. The van der Waals surface area contributed by atoms with Crippen LogP contribution in [-0.2, 0) is 4.79 Å². The first-order valence-corrected chi connectivity index (χ1v) is 4.39. The van der Waals surface area contributed by atoms with E-state index in [1.807, 2.05) is 0 Å². The molecule has 0 aliphatic heterocycles. The van der Waals surface area contributed by atoms with E-state index in [-0.39, 0.29) is 0 Å². The number of carboxylic acids is 1. The monoisotopic (exact) mass is 301 g/mol. The van der Waals surface area contributed by atoms with Gasteiger partial charge in [-0.05, 0) is 0 Å². The number of hydrogen-bond donors (Lipinski definition) is 1. The van der Waals surface area contributed by atoms with E-state index in [9.17, 15) is 45.6 Å². The maximum atomic E-state index is 13.0. The number of halogens is 7. The third kappa shape index (κ3) is 3.67. The summed E-state index contributed by atoms with van der Waals surface area (Å²) in [6.07, 6.45) is -8.57. The lowest BCUT2D eigenvalue weighted by Crippen LogP contribution is -2.57. The molecule has 19 heavy (non-hydrogen) atoms. The SMILES string of the molecule is O=C(O)CC(C[N+](=O)[O-])C(F)(F)C(F)(F)C(F)(F)F. The average Bonchev–Trinajstić information content (AvgIpc) is 2.12. The molecule has 0 bridgehead atoms. The number of aliphatic carboxylic acids is 1. The smallest absolute Gasteiger partial charge is 0.459 e. The van der Waals surface area contributed by atoms with Gasteiger partial charge < -0.3 is 5.11 Å². The van der Waals surface area contributed by atoms with Crippen molar-refractivity contribution in [2.75, 3.05) is 6.54 Å². The van der Waals surface area contributed by atoms with Gasteiger partial charge in [-0.2, -0.15) is 30.7 Å². The van der Waals surface area contributed by atoms with Crippen LogP contribution in [-0.4, -0.2) is 40.6 Å². The summed E-state index contributed by atoms with van der Waals surface area (Å²) < 4.78 is 86.7. The van der Waals surface area contributed by atoms with Crippen molar-refractivity contribution in [1.29, 1.82) is 0 Å². The van der Waals surface area contributed by atoms with Crippen molar-refractivity contribution in [3.05, 3.63) is 10.1 Å². The Hall–Kier alpha value is -1.62. The van der Waals surface area contributed by atoms with Crippen molar-refractivity contribution in [2.45, 2.75) is 24.4 Å². The lowest BCUT2D eigenvalue weighted by molar-refractivity contribution is -0.500. The second-order valence-corrected chi connectivity index (χ2v) is 3.51. The summed E-state index contributed by atoms with van der Waals surface area (Å²) in [5.41, 5.74) is 0. The van der Waals surface area contributed by atoms with E-state index in [0.29, 0.717) is 0 Å². The molecule has 1 atom stereocenters. The van der Waals surface area contributed by atoms with Crippen LogP contribution in [0.25, 0.3) is 0 Å². The molecule has 1 unspecified atom stereocenters. The lowest BCUT2D eigenvalue weighted by atomic mass is 9.92. The van der Waals surface area contributed by atoms with E-state index in [4.69, 9.17) is 5.11 Å². The molecular formula is C7H6F7NO4. The Kier molecular flexibility index (Phi) is 4.73. The van der Waals surface area contributed by atoms with Crippen LogP contribution in [0.15, 0.2) is 0 Å². The van der Waals surface area contributed by atoms with Crippen LogP contribution in [0.3, 0.4) is 0 Å². The molecule has 112 valence electrons. The zero-order valence-electron chi connectivity index (χ0n) is 8.76. The molecule has 0 saturated carbocycles. The summed E-state index contributed by atoms with van der Waals surface area (Å²) in [7, 11) is 0. The summed E-state index contributed by atoms with van der Waals surface area (Å²) in [5, 5.41) is 18.1. The molecular weight excluding hydrogens is 295 g/mol. The zero-order valence-corrected chi connectivity index (χ0v) is 8.76. The highest BCUT2D eigenvalue weighted by atomic mass is 19.4. The third-order valence-electron chi connectivity index (χ3n) is 2.08. The number of nitrogens with zero attached hydrogens (tertiary/aromatic N) is 1. The van der Waals surface area contributed by atoms with Crippen LogP contribution in [0, 0.1) is 16.0 Å². The Morgan fingerprint density at radius 3 is 1.84 bits per heavy atom. The molecule has 0 rings (SSSR count). The minimum absolute atomic E-state index is 1.59. The Labute approximate surface area is 99.7 Å². The highest BCUT2D eigenvalue weighted by molar-refractivity contribution is 5.67. The first-order valence-electron chi connectivity index (χ1n) is 4.39. The minimum atomic E-state index is -6.66. The number of carboxylic acid groups (broad SMARTS) is 1. The van der Waals surface area contributed by atoms with Gasteiger partial charge in [0.2, 0.25) is 6.54 Å². The van der Waals surface area contributed by atoms with Crippen LogP contribution in [0.4, 0.5) is 30.7 Å². The van der Waals surface area contributed by atoms with Gasteiger partial charge in [-0.15, -0.1) is 0 Å². The molecule has 0 aromatic rings. The van der Waals surface area contributed by atoms with Crippen LogP contribution >= 0.6 is 0 Å². The average molecular weight is 301 g/mol. The lowest BCUT2D eigenvalue weighted by Gasteiger charge is -2.31. The predicted molar refractivity (Wildman–Crippen MR) is 43.6 cm³/mol. The summed E-state index contributed by atoms with van der Waals surface area (Å²) in [4.78, 5) is 18.5. The number of alkyl halides is 7. The molecule has 0 radical (unpaired) electrons. The van der Waals surface area contributed by atoms with Gasteiger partial charge in [0.15, 0.2) is 0 Å². The Balaban J connectivity index is 5.50. The van der Waals surface area contributed by atoms with Crippen molar-refractivity contribution in [1.82, 2.24) is 0 Å². The number of nitro groups is 1. The van der Waals surface area contributed by atoms with E-state index in [1.165, 1.54) is 0 Å². The van der Waals surface area contributed by atoms with E-state index in [0.717, 1.165) is 0 Å². The van der Waals surface area contributed by atoms with Gasteiger partial charge >= 0.3 is 24.0 Å². The van der Waals surface area contributed by atoms with Crippen molar-refractivity contribution in [3.63, 3.8) is 0 Å².